The normalized spacial score (nSPS) is 12.6. The van der Waals surface area contributed by atoms with E-state index in [0.29, 0.717) is 5.56 Å². The summed E-state index contributed by atoms with van der Waals surface area (Å²) in [6.07, 6.45) is 0. The maximum atomic E-state index is 12.2. The second-order valence-corrected chi connectivity index (χ2v) is 5.13. The van der Waals surface area contributed by atoms with Crippen LogP contribution in [0.25, 0.3) is 0 Å². The van der Waals surface area contributed by atoms with E-state index in [2.05, 4.69) is 0 Å². The Morgan fingerprint density at radius 3 is 2.16 bits per heavy atom. The van der Waals surface area contributed by atoms with E-state index >= 15 is 0 Å². The second-order valence-electron chi connectivity index (χ2n) is 5.13. The smallest absolute Gasteiger partial charge is 0.325 e. The molecule has 4 heteroatoms. The number of esters is 2. The van der Waals surface area contributed by atoms with Crippen LogP contribution >= 0.6 is 0 Å². The van der Waals surface area contributed by atoms with E-state index in [-0.39, 0.29) is 6.61 Å². The van der Waals surface area contributed by atoms with Crippen LogP contribution in [0, 0.1) is 0 Å². The van der Waals surface area contributed by atoms with E-state index in [0.717, 1.165) is 0 Å². The number of benzene rings is 1. The SMILES string of the molecule is CCOC(=O)[C@@H](C(=O)OC(C)(C)C)c1ccccc1. The molecule has 0 radical (unpaired) electrons. The summed E-state index contributed by atoms with van der Waals surface area (Å²) < 4.78 is 10.2. The molecule has 0 unspecified atom stereocenters. The van der Waals surface area contributed by atoms with Gasteiger partial charge in [-0.25, -0.2) is 0 Å². The summed E-state index contributed by atoms with van der Waals surface area (Å²) in [4.78, 5) is 24.1. The highest BCUT2D eigenvalue weighted by molar-refractivity contribution is 6.00. The van der Waals surface area contributed by atoms with Crippen molar-refractivity contribution < 1.29 is 19.1 Å². The molecule has 0 aromatic heterocycles. The molecule has 0 saturated heterocycles. The average molecular weight is 264 g/mol. The van der Waals surface area contributed by atoms with Gasteiger partial charge in [-0.15, -0.1) is 0 Å². The lowest BCUT2D eigenvalue weighted by Gasteiger charge is -2.23. The zero-order valence-corrected chi connectivity index (χ0v) is 11.8. The van der Waals surface area contributed by atoms with Gasteiger partial charge >= 0.3 is 11.9 Å². The van der Waals surface area contributed by atoms with Crippen LogP contribution in [0.3, 0.4) is 0 Å². The fraction of sp³-hybridized carbons (Fsp3) is 0.467. The molecule has 4 nitrogen and oxygen atoms in total. The summed E-state index contributed by atoms with van der Waals surface area (Å²) in [5, 5.41) is 0. The molecule has 0 bridgehead atoms. The third-order valence-corrected chi connectivity index (χ3v) is 2.30. The molecule has 19 heavy (non-hydrogen) atoms. The molecule has 1 aromatic rings. The molecule has 0 aliphatic rings. The van der Waals surface area contributed by atoms with Crippen LogP contribution in [-0.4, -0.2) is 24.1 Å². The number of ether oxygens (including phenoxy) is 2. The molecule has 0 fully saturated rings. The Morgan fingerprint density at radius 1 is 1.11 bits per heavy atom. The lowest BCUT2D eigenvalue weighted by molar-refractivity contribution is -0.164. The summed E-state index contributed by atoms with van der Waals surface area (Å²) >= 11 is 0. The lowest BCUT2D eigenvalue weighted by Crippen LogP contribution is -2.32. The third kappa shape index (κ3) is 4.73. The highest BCUT2D eigenvalue weighted by Crippen LogP contribution is 2.22. The molecule has 0 N–H and O–H groups in total. The summed E-state index contributed by atoms with van der Waals surface area (Å²) in [6.45, 7) is 7.22. The number of carbonyl (C=O) groups is 2. The predicted octanol–water partition coefficient (Wildman–Crippen LogP) is 2.68. The molecule has 0 spiro atoms. The fourth-order valence-electron chi connectivity index (χ4n) is 1.60. The van der Waals surface area contributed by atoms with E-state index in [4.69, 9.17) is 9.47 Å². The van der Waals surface area contributed by atoms with Gasteiger partial charge in [0.25, 0.3) is 0 Å². The standard InChI is InChI=1S/C15H20O4/c1-5-18-13(16)12(11-9-7-6-8-10-11)14(17)19-15(2,3)4/h6-10,12H,5H2,1-4H3/t12-/m0/s1. The van der Waals surface area contributed by atoms with Crippen molar-refractivity contribution in [2.24, 2.45) is 0 Å². The molecule has 1 aromatic carbocycles. The molecular formula is C15H20O4. The molecule has 0 amide bonds. The Labute approximate surface area is 113 Å². The third-order valence-electron chi connectivity index (χ3n) is 2.30. The largest absolute Gasteiger partial charge is 0.465 e. The first-order valence-corrected chi connectivity index (χ1v) is 6.29. The summed E-state index contributed by atoms with van der Waals surface area (Å²) in [7, 11) is 0. The van der Waals surface area contributed by atoms with Gasteiger partial charge < -0.3 is 9.47 Å². The van der Waals surface area contributed by atoms with Crippen molar-refractivity contribution >= 4 is 11.9 Å². The maximum Gasteiger partial charge on any atom is 0.325 e. The quantitative estimate of drug-likeness (QED) is 0.619. The Morgan fingerprint density at radius 2 is 1.68 bits per heavy atom. The van der Waals surface area contributed by atoms with Gasteiger partial charge in [0.2, 0.25) is 0 Å². The van der Waals surface area contributed by atoms with Crippen molar-refractivity contribution in [3.05, 3.63) is 35.9 Å². The average Bonchev–Trinajstić information content (AvgIpc) is 2.28. The van der Waals surface area contributed by atoms with Crippen LogP contribution in [0.2, 0.25) is 0 Å². The van der Waals surface area contributed by atoms with Crippen molar-refractivity contribution in [1.29, 1.82) is 0 Å². The first-order valence-electron chi connectivity index (χ1n) is 6.29. The first-order chi connectivity index (χ1) is 8.85. The van der Waals surface area contributed by atoms with Crippen LogP contribution in [0.4, 0.5) is 0 Å². The van der Waals surface area contributed by atoms with Gasteiger partial charge in [-0.05, 0) is 33.3 Å². The van der Waals surface area contributed by atoms with Gasteiger partial charge in [-0.2, -0.15) is 0 Å². The molecule has 0 saturated carbocycles. The van der Waals surface area contributed by atoms with Crippen molar-refractivity contribution in [3.8, 4) is 0 Å². The van der Waals surface area contributed by atoms with Crippen LogP contribution in [0.1, 0.15) is 39.2 Å². The van der Waals surface area contributed by atoms with E-state index in [1.807, 2.05) is 6.07 Å². The van der Waals surface area contributed by atoms with Crippen LogP contribution in [0.5, 0.6) is 0 Å². The molecule has 104 valence electrons. The number of carbonyl (C=O) groups excluding carboxylic acids is 2. The number of hydrogen-bond donors (Lipinski definition) is 0. The van der Waals surface area contributed by atoms with Gasteiger partial charge in [-0.1, -0.05) is 30.3 Å². The monoisotopic (exact) mass is 264 g/mol. The Balaban J connectivity index is 3.00. The van der Waals surface area contributed by atoms with Crippen LogP contribution in [-0.2, 0) is 19.1 Å². The maximum absolute atomic E-state index is 12.2. The van der Waals surface area contributed by atoms with Crippen LogP contribution in [0.15, 0.2) is 30.3 Å². The Bertz CT molecular complexity index is 431. The Hall–Kier alpha value is -1.84. The molecule has 0 aliphatic carbocycles. The summed E-state index contributed by atoms with van der Waals surface area (Å²) in [5.41, 5.74) is -0.0634. The van der Waals surface area contributed by atoms with Crippen LogP contribution < -0.4 is 0 Å². The van der Waals surface area contributed by atoms with Crippen molar-refractivity contribution in [2.75, 3.05) is 6.61 Å². The molecule has 0 aliphatic heterocycles. The molecular weight excluding hydrogens is 244 g/mol. The van der Waals surface area contributed by atoms with E-state index in [9.17, 15) is 9.59 Å². The van der Waals surface area contributed by atoms with Gasteiger partial charge in [0.15, 0.2) is 5.92 Å². The highest BCUT2D eigenvalue weighted by atomic mass is 16.6. The minimum Gasteiger partial charge on any atom is -0.465 e. The molecule has 1 rings (SSSR count). The first kappa shape index (κ1) is 15.2. The van der Waals surface area contributed by atoms with Crippen molar-refractivity contribution in [2.45, 2.75) is 39.2 Å². The lowest BCUT2D eigenvalue weighted by atomic mass is 9.99. The Kier molecular flexibility index (Phi) is 5.10. The van der Waals surface area contributed by atoms with Gasteiger partial charge in [0.05, 0.1) is 6.61 Å². The highest BCUT2D eigenvalue weighted by Gasteiger charge is 2.33. The van der Waals surface area contributed by atoms with Gasteiger partial charge in [-0.3, -0.25) is 9.59 Å². The van der Waals surface area contributed by atoms with Crippen molar-refractivity contribution in [3.63, 3.8) is 0 Å². The zero-order valence-electron chi connectivity index (χ0n) is 11.8. The number of hydrogen-bond acceptors (Lipinski definition) is 4. The molecule has 0 heterocycles. The topological polar surface area (TPSA) is 52.6 Å². The van der Waals surface area contributed by atoms with E-state index < -0.39 is 23.5 Å². The van der Waals surface area contributed by atoms with E-state index in [1.165, 1.54) is 0 Å². The van der Waals surface area contributed by atoms with Gasteiger partial charge in [0, 0.05) is 0 Å². The fourth-order valence-corrected chi connectivity index (χ4v) is 1.60. The van der Waals surface area contributed by atoms with Gasteiger partial charge in [0.1, 0.15) is 5.60 Å². The molecule has 1 atom stereocenters. The minimum atomic E-state index is -1.03. The minimum absolute atomic E-state index is 0.227. The number of rotatable bonds is 4. The summed E-state index contributed by atoms with van der Waals surface area (Å²) in [5.74, 6) is -2.19. The predicted molar refractivity (Wildman–Crippen MR) is 71.7 cm³/mol. The zero-order chi connectivity index (χ0) is 14.5. The van der Waals surface area contributed by atoms with Crippen molar-refractivity contribution in [1.82, 2.24) is 0 Å². The second kappa shape index (κ2) is 6.36. The van der Waals surface area contributed by atoms with E-state index in [1.54, 1.807) is 52.0 Å². The summed E-state index contributed by atoms with van der Waals surface area (Å²) in [6, 6.07) is 8.79.